The minimum absolute atomic E-state index is 0.345. The lowest BCUT2D eigenvalue weighted by molar-refractivity contribution is -0.137. The lowest BCUT2D eigenvalue weighted by atomic mass is 10.00. The summed E-state index contributed by atoms with van der Waals surface area (Å²) in [4.78, 5) is 11.3. The molecule has 0 atom stereocenters. The molecule has 19 heavy (non-hydrogen) atoms. The SMILES string of the molecule is CCOC(=O)/C=C/c1ccc(C=N)c2ccccc12. The maximum Gasteiger partial charge on any atom is 0.330 e. The van der Waals surface area contributed by atoms with Crippen molar-refractivity contribution in [2.45, 2.75) is 6.92 Å². The highest BCUT2D eigenvalue weighted by Gasteiger charge is 2.02. The van der Waals surface area contributed by atoms with Gasteiger partial charge in [-0.25, -0.2) is 4.79 Å². The Balaban J connectivity index is 2.45. The van der Waals surface area contributed by atoms with Crippen LogP contribution in [0.2, 0.25) is 0 Å². The average molecular weight is 253 g/mol. The van der Waals surface area contributed by atoms with Gasteiger partial charge in [0.05, 0.1) is 6.61 Å². The van der Waals surface area contributed by atoms with Crippen LogP contribution < -0.4 is 0 Å². The largest absolute Gasteiger partial charge is 0.463 e. The monoisotopic (exact) mass is 253 g/mol. The predicted octanol–water partition coefficient (Wildman–Crippen LogP) is 3.41. The van der Waals surface area contributed by atoms with Gasteiger partial charge in [0, 0.05) is 12.3 Å². The Hall–Kier alpha value is -2.42. The van der Waals surface area contributed by atoms with Gasteiger partial charge in [-0.1, -0.05) is 36.4 Å². The molecule has 0 aliphatic heterocycles. The number of nitrogens with one attached hydrogen (secondary N) is 1. The maximum absolute atomic E-state index is 11.3. The van der Waals surface area contributed by atoms with E-state index in [0.717, 1.165) is 21.9 Å². The number of carbonyl (C=O) groups excluding carboxylic acids is 1. The van der Waals surface area contributed by atoms with Gasteiger partial charge in [0.1, 0.15) is 0 Å². The lowest BCUT2D eigenvalue weighted by Crippen LogP contribution is -1.98. The molecule has 0 unspecified atom stereocenters. The van der Waals surface area contributed by atoms with Crippen LogP contribution in [-0.2, 0) is 9.53 Å². The Morgan fingerprint density at radius 3 is 2.42 bits per heavy atom. The van der Waals surface area contributed by atoms with Crippen LogP contribution in [0.5, 0.6) is 0 Å². The molecule has 0 heterocycles. The molecule has 0 fully saturated rings. The lowest BCUT2D eigenvalue weighted by Gasteiger charge is -2.05. The first kappa shape index (κ1) is 13.0. The summed E-state index contributed by atoms with van der Waals surface area (Å²) in [5, 5.41) is 9.42. The minimum atomic E-state index is -0.345. The molecule has 0 saturated carbocycles. The van der Waals surface area contributed by atoms with Gasteiger partial charge in [-0.2, -0.15) is 0 Å². The Morgan fingerprint density at radius 1 is 1.16 bits per heavy atom. The number of esters is 1. The van der Waals surface area contributed by atoms with Crippen LogP contribution in [0.3, 0.4) is 0 Å². The summed E-state index contributed by atoms with van der Waals surface area (Å²) in [7, 11) is 0. The number of fused-ring (bicyclic) bond motifs is 1. The van der Waals surface area contributed by atoms with Gasteiger partial charge >= 0.3 is 5.97 Å². The van der Waals surface area contributed by atoms with Crippen molar-refractivity contribution in [1.29, 1.82) is 5.41 Å². The molecule has 0 radical (unpaired) electrons. The highest BCUT2D eigenvalue weighted by molar-refractivity contribution is 6.03. The highest BCUT2D eigenvalue weighted by atomic mass is 16.5. The van der Waals surface area contributed by atoms with E-state index in [2.05, 4.69) is 0 Å². The zero-order valence-corrected chi connectivity index (χ0v) is 10.7. The van der Waals surface area contributed by atoms with Crippen molar-refractivity contribution >= 4 is 29.0 Å². The predicted molar refractivity (Wildman–Crippen MR) is 77.5 cm³/mol. The summed E-state index contributed by atoms with van der Waals surface area (Å²) in [5.41, 5.74) is 1.80. The summed E-state index contributed by atoms with van der Waals surface area (Å²) in [6.45, 7) is 2.15. The van der Waals surface area contributed by atoms with E-state index < -0.39 is 0 Å². The highest BCUT2D eigenvalue weighted by Crippen LogP contribution is 2.22. The molecule has 0 aromatic heterocycles. The Morgan fingerprint density at radius 2 is 1.79 bits per heavy atom. The van der Waals surface area contributed by atoms with Crippen molar-refractivity contribution in [2.75, 3.05) is 6.61 Å². The second kappa shape index (κ2) is 5.96. The molecule has 3 heteroatoms. The molecule has 2 aromatic rings. The molecule has 96 valence electrons. The molecule has 2 rings (SSSR count). The van der Waals surface area contributed by atoms with Gasteiger partial charge in [-0.15, -0.1) is 0 Å². The maximum atomic E-state index is 11.3. The van der Waals surface area contributed by atoms with Gasteiger partial charge in [0.2, 0.25) is 0 Å². The van der Waals surface area contributed by atoms with E-state index in [1.165, 1.54) is 12.3 Å². The van der Waals surface area contributed by atoms with Crippen LogP contribution in [0.1, 0.15) is 18.1 Å². The summed E-state index contributed by atoms with van der Waals surface area (Å²) < 4.78 is 4.86. The van der Waals surface area contributed by atoms with Gasteiger partial charge in [0.25, 0.3) is 0 Å². The van der Waals surface area contributed by atoms with Crippen LogP contribution in [0.25, 0.3) is 16.8 Å². The first-order valence-electron chi connectivity index (χ1n) is 6.13. The molecular formula is C16H15NO2. The molecule has 0 aliphatic rings. The third-order valence-corrected chi connectivity index (χ3v) is 2.83. The van der Waals surface area contributed by atoms with Gasteiger partial charge in [-0.3, -0.25) is 0 Å². The standard InChI is InChI=1S/C16H15NO2/c1-2-19-16(18)10-9-12-7-8-13(11-17)15-6-4-3-5-14(12)15/h3-11,17H,2H2,1H3/b10-9+,17-11?. The van der Waals surface area contributed by atoms with E-state index in [1.54, 1.807) is 13.0 Å². The quantitative estimate of drug-likeness (QED) is 0.515. The molecule has 2 aromatic carbocycles. The Kier molecular flexibility index (Phi) is 4.08. The summed E-state index contributed by atoms with van der Waals surface area (Å²) in [6.07, 6.45) is 4.50. The average Bonchev–Trinajstić information content (AvgIpc) is 2.45. The smallest absolute Gasteiger partial charge is 0.330 e. The molecule has 3 nitrogen and oxygen atoms in total. The van der Waals surface area contributed by atoms with Crippen molar-refractivity contribution in [2.24, 2.45) is 0 Å². The molecule has 0 aliphatic carbocycles. The number of hydrogen-bond acceptors (Lipinski definition) is 3. The molecule has 0 amide bonds. The van der Waals surface area contributed by atoms with Crippen molar-refractivity contribution in [3.63, 3.8) is 0 Å². The summed E-state index contributed by atoms with van der Waals surface area (Å²) in [6, 6.07) is 11.6. The normalized spacial score (nSPS) is 10.8. The van der Waals surface area contributed by atoms with Crippen LogP contribution >= 0.6 is 0 Å². The molecule has 1 N–H and O–H groups in total. The Bertz CT molecular complexity index is 644. The van der Waals surface area contributed by atoms with Crippen molar-refractivity contribution in [1.82, 2.24) is 0 Å². The number of rotatable bonds is 4. The first-order chi connectivity index (χ1) is 9.26. The van der Waals surface area contributed by atoms with E-state index in [1.807, 2.05) is 36.4 Å². The number of benzene rings is 2. The minimum Gasteiger partial charge on any atom is -0.463 e. The van der Waals surface area contributed by atoms with Crippen LogP contribution in [-0.4, -0.2) is 18.8 Å². The second-order valence-corrected chi connectivity index (χ2v) is 4.02. The molecule has 0 saturated heterocycles. The molecule has 0 bridgehead atoms. The first-order valence-corrected chi connectivity index (χ1v) is 6.13. The van der Waals surface area contributed by atoms with Crippen molar-refractivity contribution < 1.29 is 9.53 Å². The third-order valence-electron chi connectivity index (χ3n) is 2.83. The van der Waals surface area contributed by atoms with Crippen LogP contribution in [0.15, 0.2) is 42.5 Å². The van der Waals surface area contributed by atoms with E-state index in [4.69, 9.17) is 10.1 Å². The van der Waals surface area contributed by atoms with E-state index in [9.17, 15) is 4.79 Å². The molecule has 0 spiro atoms. The fourth-order valence-electron chi connectivity index (χ4n) is 1.97. The van der Waals surface area contributed by atoms with Crippen molar-refractivity contribution in [3.05, 3.63) is 53.6 Å². The van der Waals surface area contributed by atoms with Gasteiger partial charge in [-0.05, 0) is 34.9 Å². The number of carbonyl (C=O) groups is 1. The fourth-order valence-corrected chi connectivity index (χ4v) is 1.97. The van der Waals surface area contributed by atoms with Crippen molar-refractivity contribution in [3.8, 4) is 0 Å². The number of hydrogen-bond donors (Lipinski definition) is 1. The third kappa shape index (κ3) is 2.88. The van der Waals surface area contributed by atoms with E-state index in [-0.39, 0.29) is 5.97 Å². The van der Waals surface area contributed by atoms with Gasteiger partial charge in [0.15, 0.2) is 0 Å². The Labute approximate surface area is 112 Å². The zero-order valence-electron chi connectivity index (χ0n) is 10.7. The van der Waals surface area contributed by atoms with Gasteiger partial charge < -0.3 is 10.1 Å². The van der Waals surface area contributed by atoms with Crippen LogP contribution in [0.4, 0.5) is 0 Å². The molecular weight excluding hydrogens is 238 g/mol. The van der Waals surface area contributed by atoms with Crippen LogP contribution in [0, 0.1) is 5.41 Å². The van der Waals surface area contributed by atoms with E-state index >= 15 is 0 Å². The summed E-state index contributed by atoms with van der Waals surface area (Å²) >= 11 is 0. The second-order valence-electron chi connectivity index (χ2n) is 4.02. The fraction of sp³-hybridized carbons (Fsp3) is 0.125. The summed E-state index contributed by atoms with van der Waals surface area (Å²) in [5.74, 6) is -0.345. The zero-order chi connectivity index (χ0) is 13.7. The topological polar surface area (TPSA) is 50.2 Å². The number of ether oxygens (including phenoxy) is 1. The van der Waals surface area contributed by atoms with E-state index in [0.29, 0.717) is 6.61 Å².